The first-order valence-corrected chi connectivity index (χ1v) is 12.4. The zero-order valence-electron chi connectivity index (χ0n) is 19.4. The van der Waals surface area contributed by atoms with Crippen LogP contribution in [0.1, 0.15) is 37.6 Å². The summed E-state index contributed by atoms with van der Waals surface area (Å²) in [5, 5.41) is 16.7. The minimum atomic E-state index is -0.421. The average Bonchev–Trinajstić information content (AvgIpc) is 3.35. The Hall–Kier alpha value is -3.14. The Kier molecular flexibility index (Phi) is 5.83. The zero-order chi connectivity index (χ0) is 23.9. The van der Waals surface area contributed by atoms with E-state index >= 15 is 0 Å². The summed E-state index contributed by atoms with van der Waals surface area (Å²) in [6.07, 6.45) is 5.53. The molecule has 1 N–H and O–H groups in total. The van der Waals surface area contributed by atoms with Gasteiger partial charge in [-0.3, -0.25) is 0 Å². The predicted octanol–water partition coefficient (Wildman–Crippen LogP) is 4.11. The fourth-order valence-corrected chi connectivity index (χ4v) is 5.89. The lowest BCUT2D eigenvalue weighted by atomic mass is 9.92. The number of aryl methyl sites for hydroxylation is 1. The molecule has 6 rings (SSSR count). The predicted molar refractivity (Wildman–Crippen MR) is 128 cm³/mol. The van der Waals surface area contributed by atoms with E-state index in [1.165, 1.54) is 12.1 Å². The van der Waals surface area contributed by atoms with Crippen LogP contribution < -0.4 is 19.7 Å². The van der Waals surface area contributed by atoms with Gasteiger partial charge in [-0.2, -0.15) is 10.1 Å². The van der Waals surface area contributed by atoms with Gasteiger partial charge in [-0.15, -0.1) is 10.2 Å². The molecule has 3 aliphatic rings. The van der Waals surface area contributed by atoms with Gasteiger partial charge < -0.3 is 19.7 Å². The molecule has 3 aromatic rings. The third kappa shape index (κ3) is 4.47. The maximum Gasteiger partial charge on any atom is 0.242 e. The van der Waals surface area contributed by atoms with E-state index in [4.69, 9.17) is 31.2 Å². The van der Waals surface area contributed by atoms with Crippen LogP contribution in [0.2, 0.25) is 5.02 Å². The second-order valence-corrected chi connectivity index (χ2v) is 9.94. The minimum Gasteiger partial charge on any atom is -0.482 e. The highest BCUT2D eigenvalue weighted by atomic mass is 35.5. The number of hydrogen-bond acceptors (Lipinski definition) is 8. The van der Waals surface area contributed by atoms with Crippen molar-refractivity contribution in [2.75, 3.05) is 30.4 Å². The van der Waals surface area contributed by atoms with E-state index < -0.39 is 5.82 Å². The number of hydrogen-bond donors (Lipinski definition) is 1. The molecule has 9 nitrogen and oxygen atoms in total. The minimum absolute atomic E-state index is 0.294. The number of aromatic nitrogens is 5. The maximum atomic E-state index is 13.8. The topological polar surface area (TPSA) is 90.2 Å². The molecule has 1 unspecified atom stereocenters. The molecule has 0 amide bonds. The van der Waals surface area contributed by atoms with Crippen molar-refractivity contribution in [1.82, 2.24) is 25.0 Å². The molecule has 2 bridgehead atoms. The molecule has 11 heteroatoms. The van der Waals surface area contributed by atoms with Crippen molar-refractivity contribution in [3.8, 4) is 11.6 Å². The van der Waals surface area contributed by atoms with Crippen LogP contribution in [0.25, 0.3) is 0 Å². The molecule has 4 atom stereocenters. The third-order valence-corrected chi connectivity index (χ3v) is 7.48. The van der Waals surface area contributed by atoms with E-state index in [0.717, 1.165) is 56.8 Å². The number of nitrogens with zero attached hydrogens (tertiary/aromatic N) is 6. The molecular weight excluding hydrogens is 473 g/mol. The number of methoxy groups -OCH3 is 1. The number of benzene rings is 1. The van der Waals surface area contributed by atoms with Crippen molar-refractivity contribution in [2.45, 2.75) is 44.4 Å². The molecular formula is C24H27ClFN7O2. The van der Waals surface area contributed by atoms with Crippen LogP contribution in [-0.4, -0.2) is 51.2 Å². The molecule has 1 saturated heterocycles. The summed E-state index contributed by atoms with van der Waals surface area (Å²) in [5.74, 6) is 2.87. The Labute approximate surface area is 207 Å². The van der Waals surface area contributed by atoms with Crippen molar-refractivity contribution >= 4 is 23.2 Å². The van der Waals surface area contributed by atoms with Gasteiger partial charge in [0.15, 0.2) is 11.9 Å². The molecule has 1 saturated carbocycles. The molecule has 0 spiro atoms. The van der Waals surface area contributed by atoms with Crippen molar-refractivity contribution in [3.05, 3.63) is 47.1 Å². The summed E-state index contributed by atoms with van der Waals surface area (Å²) < 4.78 is 27.0. The second kappa shape index (κ2) is 9.14. The smallest absolute Gasteiger partial charge is 0.242 e. The summed E-state index contributed by atoms with van der Waals surface area (Å²) in [5.41, 5.74) is 1.04. The number of anilines is 2. The van der Waals surface area contributed by atoms with E-state index in [-0.39, 0.29) is 6.10 Å². The first-order valence-electron chi connectivity index (χ1n) is 12.0. The average molecular weight is 500 g/mol. The number of halogens is 2. The highest BCUT2D eigenvalue weighted by molar-refractivity contribution is 6.30. The van der Waals surface area contributed by atoms with Crippen LogP contribution in [0.15, 0.2) is 30.5 Å². The first-order chi connectivity index (χ1) is 17.1. The van der Waals surface area contributed by atoms with Gasteiger partial charge in [0.2, 0.25) is 11.8 Å². The van der Waals surface area contributed by atoms with Crippen molar-refractivity contribution in [2.24, 2.45) is 11.8 Å². The van der Waals surface area contributed by atoms with Gasteiger partial charge in [0.1, 0.15) is 11.6 Å². The molecule has 4 heterocycles. The zero-order valence-corrected chi connectivity index (χ0v) is 20.2. The van der Waals surface area contributed by atoms with Gasteiger partial charge in [-0.05, 0) is 49.7 Å². The van der Waals surface area contributed by atoms with Crippen LogP contribution in [0.5, 0.6) is 11.6 Å². The van der Waals surface area contributed by atoms with Gasteiger partial charge in [0.25, 0.3) is 0 Å². The maximum absolute atomic E-state index is 13.8. The van der Waals surface area contributed by atoms with Crippen LogP contribution >= 0.6 is 11.6 Å². The summed E-state index contributed by atoms with van der Waals surface area (Å²) in [6.45, 7) is 2.65. The molecule has 2 aliphatic heterocycles. The van der Waals surface area contributed by atoms with Crippen LogP contribution in [0.3, 0.4) is 0 Å². The largest absolute Gasteiger partial charge is 0.482 e. The normalized spacial score (nSPS) is 25.3. The van der Waals surface area contributed by atoms with Crippen LogP contribution in [0.4, 0.5) is 16.0 Å². The Bertz CT molecular complexity index is 1190. The fourth-order valence-electron chi connectivity index (χ4n) is 5.67. The van der Waals surface area contributed by atoms with E-state index in [1.807, 2.05) is 10.7 Å². The monoisotopic (exact) mass is 499 g/mol. The van der Waals surface area contributed by atoms with Gasteiger partial charge in [0, 0.05) is 42.8 Å². The Morgan fingerprint density at radius 2 is 1.94 bits per heavy atom. The van der Waals surface area contributed by atoms with Crippen molar-refractivity contribution in [1.29, 1.82) is 0 Å². The van der Waals surface area contributed by atoms with E-state index in [2.05, 4.69) is 20.4 Å². The SMILES string of the molecule is COc1cc(N2C[C@H]3CC[C@@H](C2)C3Nc2nc3n(n2)CCC[C@@H]3Oc2cc(F)cc(Cl)c2)cnn1. The summed E-state index contributed by atoms with van der Waals surface area (Å²) in [7, 11) is 1.61. The fraction of sp³-hybridized carbons (Fsp3) is 0.500. The summed E-state index contributed by atoms with van der Waals surface area (Å²) >= 11 is 6.00. The van der Waals surface area contributed by atoms with Gasteiger partial charge in [-0.1, -0.05) is 11.6 Å². The number of piperidine rings is 1. The van der Waals surface area contributed by atoms with Crippen LogP contribution in [0, 0.1) is 17.7 Å². The lowest BCUT2D eigenvalue weighted by Gasteiger charge is -2.39. The number of fused-ring (bicyclic) bond motifs is 3. The Morgan fingerprint density at radius 1 is 1.11 bits per heavy atom. The standard InChI is InChI=1S/C24H27ClFN7O2/c1-34-21-10-18(11-27-30-21)32-12-14-4-5-15(13-32)22(14)28-24-29-23-20(3-2-6-33(23)31-24)35-19-8-16(25)7-17(26)9-19/h7-11,14-15,20,22H,2-6,12-13H2,1H3,(H,28,31)/t14-,15+,20-,22?/m0/s1. The molecule has 35 heavy (non-hydrogen) atoms. The molecule has 2 aromatic heterocycles. The number of ether oxygens (including phenoxy) is 2. The summed E-state index contributed by atoms with van der Waals surface area (Å²) in [4.78, 5) is 7.18. The van der Waals surface area contributed by atoms with Crippen molar-refractivity contribution in [3.63, 3.8) is 0 Å². The van der Waals surface area contributed by atoms with Crippen LogP contribution in [-0.2, 0) is 6.54 Å². The summed E-state index contributed by atoms with van der Waals surface area (Å²) in [6, 6.07) is 6.49. The number of nitrogens with one attached hydrogen (secondary N) is 1. The quantitative estimate of drug-likeness (QED) is 0.542. The lowest BCUT2D eigenvalue weighted by Crippen LogP contribution is -2.48. The van der Waals surface area contributed by atoms with Crippen molar-refractivity contribution < 1.29 is 13.9 Å². The van der Waals surface area contributed by atoms with E-state index in [9.17, 15) is 4.39 Å². The second-order valence-electron chi connectivity index (χ2n) is 9.50. The van der Waals surface area contributed by atoms with Gasteiger partial charge in [-0.25, -0.2) is 9.07 Å². The lowest BCUT2D eigenvalue weighted by molar-refractivity contribution is 0.155. The van der Waals surface area contributed by atoms with E-state index in [0.29, 0.717) is 40.5 Å². The molecule has 1 aromatic carbocycles. The Morgan fingerprint density at radius 3 is 2.71 bits per heavy atom. The van der Waals surface area contributed by atoms with E-state index in [1.54, 1.807) is 19.4 Å². The first kappa shape index (κ1) is 22.3. The molecule has 184 valence electrons. The highest BCUT2D eigenvalue weighted by Crippen LogP contribution is 2.40. The molecule has 1 aliphatic carbocycles. The third-order valence-electron chi connectivity index (χ3n) is 7.26. The molecule has 0 radical (unpaired) electrons. The number of rotatable bonds is 6. The highest BCUT2D eigenvalue weighted by Gasteiger charge is 2.43. The molecule has 2 fully saturated rings. The van der Waals surface area contributed by atoms with Gasteiger partial charge >= 0.3 is 0 Å². The van der Waals surface area contributed by atoms with Gasteiger partial charge in [0.05, 0.1) is 19.0 Å². The Balaban J connectivity index is 1.16.